The number of aliphatic carboxylic acids is 1. The topological polar surface area (TPSA) is 204 Å². The molecule has 0 saturated heterocycles. The number of rotatable bonds is 13. The highest BCUT2D eigenvalue weighted by Crippen LogP contribution is 2.42. The molecule has 0 spiro atoms. The Bertz CT molecular complexity index is 1010. The first-order valence-corrected chi connectivity index (χ1v) is 14.1. The number of carboxylic acid groups (broad SMARTS) is 1. The van der Waals surface area contributed by atoms with Gasteiger partial charge in [0.05, 0.1) is 11.8 Å². The number of urea groups is 1. The van der Waals surface area contributed by atoms with Crippen molar-refractivity contribution in [2.45, 2.75) is 51.0 Å². The molecule has 6 N–H and O–H groups in total. The molecule has 0 aliphatic rings. The molecular weight excluding hydrogens is 489 g/mol. The summed E-state index contributed by atoms with van der Waals surface area (Å²) in [6.07, 6.45) is 0.120. The van der Waals surface area contributed by atoms with Crippen molar-refractivity contribution in [1.82, 2.24) is 10.2 Å². The second-order valence-electron chi connectivity index (χ2n) is 8.46. The van der Waals surface area contributed by atoms with Crippen LogP contribution in [0.4, 0.5) is 4.79 Å². The van der Waals surface area contributed by atoms with Gasteiger partial charge in [-0.3, -0.25) is 14.7 Å². The Hall–Kier alpha value is -2.31. The molecule has 1 rings (SSSR count). The number of nitrogens with one attached hydrogen (secondary N) is 1. The van der Waals surface area contributed by atoms with Gasteiger partial charge in [0.15, 0.2) is 0 Å². The molecule has 34 heavy (non-hydrogen) atoms. The largest absolute Gasteiger partial charge is 0.480 e. The molecule has 0 radical (unpaired) electrons. The lowest BCUT2D eigenvalue weighted by Crippen LogP contribution is -2.59. The Morgan fingerprint density at radius 2 is 1.71 bits per heavy atom. The third-order valence-electron chi connectivity index (χ3n) is 4.91. The molecule has 0 fully saturated rings. The van der Waals surface area contributed by atoms with Gasteiger partial charge < -0.3 is 20.6 Å². The number of carboxylic acids is 1. The van der Waals surface area contributed by atoms with E-state index in [0.29, 0.717) is 10.5 Å². The number of carbonyl (C=O) groups is 3. The molecule has 1 unspecified atom stereocenters. The monoisotopic (exact) mass is 521 g/mol. The fourth-order valence-electron chi connectivity index (χ4n) is 3.33. The molecule has 0 bridgehead atoms. The van der Waals surface area contributed by atoms with Crippen LogP contribution in [-0.2, 0) is 30.4 Å². The van der Waals surface area contributed by atoms with E-state index in [1.165, 1.54) is 0 Å². The highest BCUT2D eigenvalue weighted by atomic mass is 32.2. The second-order valence-corrected chi connectivity index (χ2v) is 12.5. The smallest absolute Gasteiger partial charge is 0.342 e. The van der Waals surface area contributed by atoms with Crippen LogP contribution in [0.25, 0.3) is 0 Å². The molecule has 3 amide bonds. The van der Waals surface area contributed by atoms with E-state index in [1.54, 1.807) is 44.2 Å². The van der Waals surface area contributed by atoms with E-state index in [-0.39, 0.29) is 18.8 Å². The lowest BCUT2D eigenvalue weighted by atomic mass is 10.00. The van der Waals surface area contributed by atoms with Crippen molar-refractivity contribution in [1.29, 1.82) is 0 Å². The zero-order valence-corrected chi connectivity index (χ0v) is 20.9. The Balaban J connectivity index is 3.34. The predicted octanol–water partition coefficient (Wildman–Crippen LogP) is 0.532. The maximum Gasteiger partial charge on any atom is 0.342 e. The van der Waals surface area contributed by atoms with Crippen LogP contribution >= 0.6 is 7.60 Å². The van der Waals surface area contributed by atoms with Crippen LogP contribution in [-0.4, -0.2) is 76.0 Å². The standard InChI is InChI=1S/C20H32N3O9PS/c1-13(2)11-15(22-17(33(28,29)30)9-10-34(3,31)32)18(24)23(20(21)27)16(19(25)26)12-14-7-5-4-6-8-14/h4-8,13,15-17,22H,9-12H2,1-3H3,(H2,21,27)(H,25,26)(H2,28,29,30)/t15-,16-,17?/m0/s1. The Labute approximate surface area is 198 Å². The van der Waals surface area contributed by atoms with Crippen LogP contribution in [0.5, 0.6) is 0 Å². The van der Waals surface area contributed by atoms with Crippen LogP contribution in [0, 0.1) is 5.92 Å². The van der Waals surface area contributed by atoms with Crippen molar-refractivity contribution in [2.24, 2.45) is 11.7 Å². The fourth-order valence-corrected chi connectivity index (χ4v) is 5.01. The number of sulfone groups is 1. The van der Waals surface area contributed by atoms with E-state index < -0.39 is 65.4 Å². The molecule has 0 aliphatic heterocycles. The van der Waals surface area contributed by atoms with Crippen LogP contribution in [0.3, 0.4) is 0 Å². The molecule has 0 saturated carbocycles. The molecule has 0 aromatic heterocycles. The fraction of sp³-hybridized carbons (Fsp3) is 0.550. The van der Waals surface area contributed by atoms with Crippen LogP contribution in [0.1, 0.15) is 32.3 Å². The summed E-state index contributed by atoms with van der Waals surface area (Å²) in [6.45, 7) is 3.41. The van der Waals surface area contributed by atoms with Gasteiger partial charge in [0.1, 0.15) is 21.7 Å². The van der Waals surface area contributed by atoms with Gasteiger partial charge in [0.25, 0.3) is 0 Å². The second kappa shape index (κ2) is 12.4. The maximum absolute atomic E-state index is 13.3. The van der Waals surface area contributed by atoms with Gasteiger partial charge in [-0.1, -0.05) is 44.2 Å². The third kappa shape index (κ3) is 9.90. The first kappa shape index (κ1) is 29.7. The molecular formula is C20H32N3O9PS. The van der Waals surface area contributed by atoms with Crippen molar-refractivity contribution in [3.8, 4) is 0 Å². The van der Waals surface area contributed by atoms with Crippen LogP contribution in [0.2, 0.25) is 0 Å². The van der Waals surface area contributed by atoms with Crippen molar-refractivity contribution in [3.05, 3.63) is 35.9 Å². The average Bonchev–Trinajstić information content (AvgIpc) is 2.68. The molecule has 0 heterocycles. The number of carbonyl (C=O) groups excluding carboxylic acids is 2. The number of nitrogens with two attached hydrogens (primary N) is 1. The van der Waals surface area contributed by atoms with Gasteiger partial charge in [0.2, 0.25) is 5.91 Å². The molecule has 3 atom stereocenters. The molecule has 1 aromatic rings. The first-order valence-electron chi connectivity index (χ1n) is 10.4. The van der Waals surface area contributed by atoms with E-state index in [2.05, 4.69) is 5.32 Å². The Morgan fingerprint density at radius 3 is 2.12 bits per heavy atom. The zero-order chi connectivity index (χ0) is 26.3. The number of hydrogen-bond acceptors (Lipinski definition) is 7. The highest BCUT2D eigenvalue weighted by molar-refractivity contribution is 7.90. The molecule has 192 valence electrons. The minimum atomic E-state index is -4.93. The van der Waals surface area contributed by atoms with Crippen molar-refractivity contribution >= 4 is 35.3 Å². The Morgan fingerprint density at radius 1 is 1.15 bits per heavy atom. The lowest BCUT2D eigenvalue weighted by Gasteiger charge is -2.32. The lowest BCUT2D eigenvalue weighted by molar-refractivity contribution is -0.148. The van der Waals surface area contributed by atoms with E-state index >= 15 is 0 Å². The quantitative estimate of drug-likeness (QED) is 0.228. The normalized spacial score (nSPS) is 14.9. The number of benzene rings is 1. The van der Waals surface area contributed by atoms with Crippen molar-refractivity contribution < 1.29 is 42.3 Å². The number of amides is 3. The number of nitrogens with zero attached hydrogens (tertiary/aromatic N) is 1. The molecule has 14 heteroatoms. The summed E-state index contributed by atoms with van der Waals surface area (Å²) in [6, 6.07) is 3.80. The first-order chi connectivity index (χ1) is 15.5. The molecule has 0 aliphatic carbocycles. The minimum Gasteiger partial charge on any atom is -0.480 e. The van der Waals surface area contributed by atoms with Crippen LogP contribution < -0.4 is 11.1 Å². The zero-order valence-electron chi connectivity index (χ0n) is 19.2. The van der Waals surface area contributed by atoms with Crippen LogP contribution in [0.15, 0.2) is 30.3 Å². The molecule has 12 nitrogen and oxygen atoms in total. The summed E-state index contributed by atoms with van der Waals surface area (Å²) >= 11 is 0. The number of imide groups is 1. The summed E-state index contributed by atoms with van der Waals surface area (Å²) in [5.41, 5.74) is 5.89. The average molecular weight is 522 g/mol. The van der Waals surface area contributed by atoms with E-state index in [4.69, 9.17) is 5.73 Å². The summed E-state index contributed by atoms with van der Waals surface area (Å²) in [5.74, 6) is -5.09. The maximum atomic E-state index is 13.3. The summed E-state index contributed by atoms with van der Waals surface area (Å²) < 4.78 is 35.0. The highest BCUT2D eigenvalue weighted by Gasteiger charge is 2.40. The summed E-state index contributed by atoms with van der Waals surface area (Å²) in [7, 11) is -8.51. The van der Waals surface area contributed by atoms with Crippen molar-refractivity contribution in [3.63, 3.8) is 0 Å². The Kier molecular flexibility index (Phi) is 10.8. The van der Waals surface area contributed by atoms with Gasteiger partial charge in [-0.2, -0.15) is 0 Å². The van der Waals surface area contributed by atoms with Gasteiger partial charge >= 0.3 is 19.6 Å². The van der Waals surface area contributed by atoms with Gasteiger partial charge in [0, 0.05) is 12.7 Å². The minimum absolute atomic E-state index is 0.0321. The number of primary amides is 1. The predicted molar refractivity (Wildman–Crippen MR) is 125 cm³/mol. The summed E-state index contributed by atoms with van der Waals surface area (Å²) in [5, 5.41) is 12.2. The molecule has 1 aromatic carbocycles. The SMILES string of the molecule is CC(C)C[C@H](NC(CCS(C)(=O)=O)P(=O)(O)O)C(=O)N(C(N)=O)[C@@H](Cc1ccccc1)C(=O)O. The van der Waals surface area contributed by atoms with Gasteiger partial charge in [-0.05, 0) is 24.3 Å². The summed E-state index contributed by atoms with van der Waals surface area (Å²) in [4.78, 5) is 57.3. The van der Waals surface area contributed by atoms with E-state index in [1.807, 2.05) is 0 Å². The van der Waals surface area contributed by atoms with Crippen molar-refractivity contribution in [2.75, 3.05) is 12.0 Å². The van der Waals surface area contributed by atoms with Gasteiger partial charge in [-0.15, -0.1) is 0 Å². The van der Waals surface area contributed by atoms with E-state index in [9.17, 15) is 42.3 Å². The van der Waals surface area contributed by atoms with Gasteiger partial charge in [-0.25, -0.2) is 22.9 Å². The third-order valence-corrected chi connectivity index (χ3v) is 7.11. The number of hydrogen-bond donors (Lipinski definition) is 5. The van der Waals surface area contributed by atoms with E-state index in [0.717, 1.165) is 6.26 Å².